The van der Waals surface area contributed by atoms with Crippen LogP contribution in [-0.4, -0.2) is 19.1 Å². The van der Waals surface area contributed by atoms with Crippen molar-refractivity contribution < 1.29 is 14.3 Å². The van der Waals surface area contributed by atoms with Crippen molar-refractivity contribution in [2.45, 2.75) is 26.8 Å². The highest BCUT2D eigenvalue weighted by Gasteiger charge is 2.15. The van der Waals surface area contributed by atoms with Gasteiger partial charge in [0.15, 0.2) is 11.5 Å². The molecule has 0 bridgehead atoms. The van der Waals surface area contributed by atoms with Gasteiger partial charge in [-0.2, -0.15) is 0 Å². The molecule has 17 heavy (non-hydrogen) atoms. The van der Waals surface area contributed by atoms with Crippen LogP contribution < -0.4 is 14.8 Å². The van der Waals surface area contributed by atoms with Crippen molar-refractivity contribution in [2.75, 3.05) is 13.3 Å². The largest absolute Gasteiger partial charge is 0.454 e. The molecule has 1 aromatic carbocycles. The summed E-state index contributed by atoms with van der Waals surface area (Å²) in [6.07, 6.45) is 0.573. The molecule has 0 unspecified atom stereocenters. The molecule has 1 N–H and O–H groups in total. The van der Waals surface area contributed by atoms with Crippen LogP contribution in [0.3, 0.4) is 0 Å². The summed E-state index contributed by atoms with van der Waals surface area (Å²) in [4.78, 5) is 10.8. The first-order chi connectivity index (χ1) is 8.16. The summed E-state index contributed by atoms with van der Waals surface area (Å²) in [7, 11) is 0. The highest BCUT2D eigenvalue weighted by molar-refractivity contribution is 5.75. The van der Waals surface area contributed by atoms with Crippen molar-refractivity contribution in [3.05, 3.63) is 23.3 Å². The van der Waals surface area contributed by atoms with Gasteiger partial charge in [-0.05, 0) is 37.1 Å². The number of Topliss-reactive ketones (excluding diaryl/α,β-unsaturated/α-hetero) is 1. The number of carbonyl (C=O) groups is 1. The quantitative estimate of drug-likeness (QED) is 0.790. The van der Waals surface area contributed by atoms with Crippen LogP contribution >= 0.6 is 0 Å². The zero-order valence-corrected chi connectivity index (χ0v) is 10.2. The Hall–Kier alpha value is -1.55. The smallest absolute Gasteiger partial charge is 0.231 e. The number of ketones is 1. The fourth-order valence-corrected chi connectivity index (χ4v) is 1.76. The summed E-state index contributed by atoms with van der Waals surface area (Å²) >= 11 is 0. The third-order valence-electron chi connectivity index (χ3n) is 2.80. The highest BCUT2D eigenvalue weighted by Crippen LogP contribution is 2.34. The Morgan fingerprint density at radius 2 is 2.06 bits per heavy atom. The first kappa shape index (κ1) is 11.9. The molecule has 2 rings (SSSR count). The Labute approximate surface area is 101 Å². The monoisotopic (exact) mass is 235 g/mol. The zero-order valence-electron chi connectivity index (χ0n) is 10.2. The molecule has 0 radical (unpaired) electrons. The third-order valence-corrected chi connectivity index (χ3v) is 2.80. The molecule has 0 aromatic heterocycles. The minimum atomic E-state index is 0.208. The van der Waals surface area contributed by atoms with E-state index in [1.165, 1.54) is 11.1 Å². The second-order valence-corrected chi connectivity index (χ2v) is 4.26. The molecule has 1 aliphatic heterocycles. The average Bonchev–Trinajstić information content (AvgIpc) is 2.71. The maximum absolute atomic E-state index is 10.8. The molecule has 4 heteroatoms. The van der Waals surface area contributed by atoms with Crippen LogP contribution in [0, 0.1) is 6.92 Å². The number of nitrogens with one attached hydrogen (secondary N) is 1. The van der Waals surface area contributed by atoms with Gasteiger partial charge in [-0.3, -0.25) is 4.79 Å². The minimum absolute atomic E-state index is 0.208. The lowest BCUT2D eigenvalue weighted by molar-refractivity contribution is -0.116. The van der Waals surface area contributed by atoms with E-state index >= 15 is 0 Å². The first-order valence-corrected chi connectivity index (χ1v) is 5.76. The summed E-state index contributed by atoms with van der Waals surface area (Å²) in [5.41, 5.74) is 2.35. The summed E-state index contributed by atoms with van der Waals surface area (Å²) in [6, 6.07) is 3.99. The predicted molar refractivity (Wildman–Crippen MR) is 64.3 cm³/mol. The van der Waals surface area contributed by atoms with Gasteiger partial charge in [0.2, 0.25) is 6.79 Å². The van der Waals surface area contributed by atoms with E-state index in [0.29, 0.717) is 19.8 Å². The van der Waals surface area contributed by atoms with Gasteiger partial charge in [0.1, 0.15) is 5.78 Å². The van der Waals surface area contributed by atoms with E-state index in [9.17, 15) is 4.79 Å². The van der Waals surface area contributed by atoms with E-state index in [0.717, 1.165) is 18.0 Å². The number of benzene rings is 1. The van der Waals surface area contributed by atoms with Crippen molar-refractivity contribution in [2.24, 2.45) is 0 Å². The molecule has 0 saturated carbocycles. The van der Waals surface area contributed by atoms with E-state index < -0.39 is 0 Å². The van der Waals surface area contributed by atoms with Crippen molar-refractivity contribution in [3.63, 3.8) is 0 Å². The van der Waals surface area contributed by atoms with Gasteiger partial charge in [0.25, 0.3) is 0 Å². The summed E-state index contributed by atoms with van der Waals surface area (Å²) < 4.78 is 10.6. The normalized spacial score (nSPS) is 12.8. The number of aryl methyl sites for hydroxylation is 1. The van der Waals surface area contributed by atoms with Crippen LogP contribution in [0.1, 0.15) is 24.5 Å². The minimum Gasteiger partial charge on any atom is -0.454 e. The first-order valence-electron chi connectivity index (χ1n) is 5.76. The Balaban J connectivity index is 1.94. The summed E-state index contributed by atoms with van der Waals surface area (Å²) in [5.74, 6) is 1.83. The molecule has 0 atom stereocenters. The van der Waals surface area contributed by atoms with Crippen LogP contribution in [0.25, 0.3) is 0 Å². The van der Waals surface area contributed by atoms with E-state index in [1.54, 1.807) is 6.92 Å². The van der Waals surface area contributed by atoms with Crippen LogP contribution in [0.4, 0.5) is 0 Å². The molecular formula is C13H17NO3. The summed E-state index contributed by atoms with van der Waals surface area (Å²) in [5, 5.41) is 3.25. The third kappa shape index (κ3) is 2.97. The second kappa shape index (κ2) is 5.19. The fraction of sp³-hybridized carbons (Fsp3) is 0.462. The fourth-order valence-electron chi connectivity index (χ4n) is 1.76. The number of fused-ring (bicyclic) bond motifs is 1. The maximum Gasteiger partial charge on any atom is 0.231 e. The molecule has 0 fully saturated rings. The molecule has 0 saturated heterocycles. The molecule has 0 spiro atoms. The van der Waals surface area contributed by atoms with Gasteiger partial charge >= 0.3 is 0 Å². The van der Waals surface area contributed by atoms with Crippen molar-refractivity contribution >= 4 is 5.78 Å². The van der Waals surface area contributed by atoms with E-state index in [2.05, 4.69) is 5.32 Å². The van der Waals surface area contributed by atoms with E-state index in [1.807, 2.05) is 19.1 Å². The van der Waals surface area contributed by atoms with Gasteiger partial charge < -0.3 is 14.8 Å². The summed E-state index contributed by atoms with van der Waals surface area (Å²) in [6.45, 7) is 5.41. The van der Waals surface area contributed by atoms with Crippen LogP contribution in [0.2, 0.25) is 0 Å². The molecule has 1 aromatic rings. The van der Waals surface area contributed by atoms with Crippen LogP contribution in [0.5, 0.6) is 11.5 Å². The van der Waals surface area contributed by atoms with Gasteiger partial charge in [-0.15, -0.1) is 0 Å². The van der Waals surface area contributed by atoms with Crippen LogP contribution in [-0.2, 0) is 11.3 Å². The van der Waals surface area contributed by atoms with Crippen molar-refractivity contribution in [3.8, 4) is 11.5 Å². The molecule has 92 valence electrons. The Bertz CT molecular complexity index is 429. The van der Waals surface area contributed by atoms with Gasteiger partial charge in [-0.25, -0.2) is 0 Å². The number of carbonyl (C=O) groups excluding carboxylic acids is 1. The molecular weight excluding hydrogens is 218 g/mol. The highest BCUT2D eigenvalue weighted by atomic mass is 16.7. The average molecular weight is 235 g/mol. The van der Waals surface area contributed by atoms with Crippen LogP contribution in [0.15, 0.2) is 12.1 Å². The van der Waals surface area contributed by atoms with E-state index in [-0.39, 0.29) is 5.78 Å². The van der Waals surface area contributed by atoms with Gasteiger partial charge in [0, 0.05) is 19.5 Å². The van der Waals surface area contributed by atoms with Gasteiger partial charge in [-0.1, -0.05) is 0 Å². The lowest BCUT2D eigenvalue weighted by Crippen LogP contribution is -2.17. The molecule has 4 nitrogen and oxygen atoms in total. The lowest BCUT2D eigenvalue weighted by atomic mass is 10.1. The number of hydrogen-bond donors (Lipinski definition) is 1. The number of hydrogen-bond acceptors (Lipinski definition) is 4. The Kier molecular flexibility index (Phi) is 3.64. The topological polar surface area (TPSA) is 47.6 Å². The zero-order chi connectivity index (χ0) is 12.3. The molecule has 1 heterocycles. The Morgan fingerprint density at radius 1 is 1.35 bits per heavy atom. The second-order valence-electron chi connectivity index (χ2n) is 4.26. The van der Waals surface area contributed by atoms with Gasteiger partial charge in [0.05, 0.1) is 0 Å². The molecule has 1 aliphatic rings. The number of ether oxygens (including phenoxy) is 2. The maximum atomic E-state index is 10.8. The predicted octanol–water partition coefficient (Wildman–Crippen LogP) is 1.79. The standard InChI is InChI=1S/C13H17NO3/c1-9-5-12-13(17-8-16-12)6-11(9)7-14-4-3-10(2)15/h5-6,14H,3-4,7-8H2,1-2H3. The van der Waals surface area contributed by atoms with E-state index in [4.69, 9.17) is 9.47 Å². The number of rotatable bonds is 5. The van der Waals surface area contributed by atoms with Crippen molar-refractivity contribution in [1.82, 2.24) is 5.32 Å². The SMILES string of the molecule is CC(=O)CCNCc1cc2c(cc1C)OCO2. The Morgan fingerprint density at radius 3 is 2.76 bits per heavy atom. The molecule has 0 amide bonds. The molecule has 0 aliphatic carbocycles. The lowest BCUT2D eigenvalue weighted by Gasteiger charge is -2.08. The van der Waals surface area contributed by atoms with Crippen molar-refractivity contribution in [1.29, 1.82) is 0 Å².